The molecule has 0 spiro atoms. The normalized spacial score (nSPS) is 31.3. The summed E-state index contributed by atoms with van der Waals surface area (Å²) in [5.74, 6) is -5.90. The van der Waals surface area contributed by atoms with Gasteiger partial charge in [0.1, 0.15) is 23.9 Å². The summed E-state index contributed by atoms with van der Waals surface area (Å²) >= 11 is 0. The molecule has 1 heterocycles. The molecular formula is C17H28FNO11. The second-order valence-electron chi connectivity index (χ2n) is 7.66. The van der Waals surface area contributed by atoms with Gasteiger partial charge in [0.25, 0.3) is 0 Å². The van der Waals surface area contributed by atoms with Crippen LogP contribution in [0.4, 0.5) is 9.18 Å². The number of esters is 2. The van der Waals surface area contributed by atoms with Gasteiger partial charge in [-0.15, -0.1) is 0 Å². The minimum Gasteiger partial charge on any atom is -0.465 e. The molecule has 5 N–H and O–H groups in total. The van der Waals surface area contributed by atoms with Gasteiger partial charge >= 0.3 is 23.8 Å². The van der Waals surface area contributed by atoms with Gasteiger partial charge in [-0.3, -0.25) is 4.79 Å². The van der Waals surface area contributed by atoms with Crippen LogP contribution in [0.25, 0.3) is 0 Å². The molecule has 13 heteroatoms. The molecule has 0 bridgehead atoms. The number of alkyl halides is 1. The van der Waals surface area contributed by atoms with Crippen LogP contribution in [-0.4, -0.2) is 100 Å². The standard InChI is InChI=1S/C17H28FNO11/c1-7(21)28-8(6-20)10(22)12-9(19-15(25)30-16(2,3)4)11(23)13(18)17(26,29-12)14(24)27-5/h8-13,20,22-23,26H,6H2,1-5H3,(H,19,25)/t8-,9-,10-,11?,12?,13+,17+/m1/s1. The van der Waals surface area contributed by atoms with Gasteiger partial charge in [0, 0.05) is 6.92 Å². The first-order valence-corrected chi connectivity index (χ1v) is 8.94. The first-order valence-electron chi connectivity index (χ1n) is 8.94. The number of carbonyl (C=O) groups excluding carboxylic acids is 3. The number of carbonyl (C=O) groups is 3. The molecule has 0 aromatic heterocycles. The maximum atomic E-state index is 14.7. The lowest BCUT2D eigenvalue weighted by Gasteiger charge is -2.46. The average Bonchev–Trinajstić information content (AvgIpc) is 2.63. The Labute approximate surface area is 171 Å². The van der Waals surface area contributed by atoms with Crippen molar-refractivity contribution in [1.82, 2.24) is 5.32 Å². The highest BCUT2D eigenvalue weighted by molar-refractivity contribution is 5.79. The van der Waals surface area contributed by atoms with Crippen LogP contribution in [0.3, 0.4) is 0 Å². The Morgan fingerprint density at radius 3 is 2.30 bits per heavy atom. The Kier molecular flexibility index (Phi) is 8.51. The molecule has 0 saturated carbocycles. The molecular weight excluding hydrogens is 413 g/mol. The van der Waals surface area contributed by atoms with Crippen LogP contribution in [-0.2, 0) is 28.5 Å². The summed E-state index contributed by atoms with van der Waals surface area (Å²) in [4.78, 5) is 35.2. The molecule has 0 aliphatic carbocycles. The van der Waals surface area contributed by atoms with Crippen LogP contribution in [0.5, 0.6) is 0 Å². The maximum Gasteiger partial charge on any atom is 0.408 e. The molecule has 1 aliphatic heterocycles. The minimum atomic E-state index is -3.36. The van der Waals surface area contributed by atoms with E-state index < -0.39 is 72.7 Å². The van der Waals surface area contributed by atoms with E-state index in [1.54, 1.807) is 0 Å². The number of nitrogens with one attached hydrogen (secondary N) is 1. The highest BCUT2D eigenvalue weighted by Gasteiger charge is 2.62. The highest BCUT2D eigenvalue weighted by Crippen LogP contribution is 2.34. The average molecular weight is 441 g/mol. The molecule has 1 fully saturated rings. The largest absolute Gasteiger partial charge is 0.465 e. The highest BCUT2D eigenvalue weighted by atomic mass is 19.1. The monoisotopic (exact) mass is 441 g/mol. The van der Waals surface area contributed by atoms with Gasteiger partial charge in [-0.05, 0) is 20.8 Å². The molecule has 7 atom stereocenters. The zero-order valence-corrected chi connectivity index (χ0v) is 17.2. The first-order chi connectivity index (χ1) is 13.7. The van der Waals surface area contributed by atoms with Crippen LogP contribution < -0.4 is 5.32 Å². The molecule has 30 heavy (non-hydrogen) atoms. The van der Waals surface area contributed by atoms with E-state index >= 15 is 0 Å². The van der Waals surface area contributed by atoms with Crippen molar-refractivity contribution in [3.05, 3.63) is 0 Å². The third kappa shape index (κ3) is 5.98. The lowest BCUT2D eigenvalue weighted by molar-refractivity contribution is -0.321. The number of hydrogen-bond acceptors (Lipinski definition) is 11. The SMILES string of the molecule is COC(=O)[C@@]1(O)OC([C@H](O)[C@@H](CO)OC(C)=O)[C@H](NC(=O)OC(C)(C)C)C(O)[C@@H]1F. The van der Waals surface area contributed by atoms with Gasteiger partial charge in [-0.1, -0.05) is 0 Å². The van der Waals surface area contributed by atoms with E-state index in [2.05, 4.69) is 10.1 Å². The first kappa shape index (κ1) is 26.0. The van der Waals surface area contributed by atoms with Crippen LogP contribution in [0.15, 0.2) is 0 Å². The van der Waals surface area contributed by atoms with Gasteiger partial charge in [0.15, 0.2) is 12.3 Å². The third-order valence-corrected chi connectivity index (χ3v) is 4.09. The van der Waals surface area contributed by atoms with Crippen LogP contribution >= 0.6 is 0 Å². The maximum absolute atomic E-state index is 14.7. The third-order valence-electron chi connectivity index (χ3n) is 4.09. The number of amides is 1. The Hall–Kier alpha value is -2.06. The van der Waals surface area contributed by atoms with E-state index in [4.69, 9.17) is 14.2 Å². The molecule has 0 aromatic rings. The zero-order valence-electron chi connectivity index (χ0n) is 17.2. The van der Waals surface area contributed by atoms with Crippen LogP contribution in [0, 0.1) is 0 Å². The van der Waals surface area contributed by atoms with Gasteiger partial charge in [0.2, 0.25) is 0 Å². The lowest BCUT2D eigenvalue weighted by atomic mass is 9.87. The summed E-state index contributed by atoms with van der Waals surface area (Å²) in [5.41, 5.74) is -0.980. The quantitative estimate of drug-likeness (QED) is 0.230. The van der Waals surface area contributed by atoms with Gasteiger partial charge in [0.05, 0.1) is 19.8 Å². The molecule has 174 valence electrons. The summed E-state index contributed by atoms with van der Waals surface area (Å²) in [6.07, 6.45) is -11.9. The fourth-order valence-electron chi connectivity index (χ4n) is 2.79. The molecule has 12 nitrogen and oxygen atoms in total. The second kappa shape index (κ2) is 9.83. The number of alkyl carbamates (subject to hydrolysis) is 1. The van der Waals surface area contributed by atoms with Crippen molar-refractivity contribution >= 4 is 18.0 Å². The topological polar surface area (TPSA) is 181 Å². The summed E-state index contributed by atoms with van der Waals surface area (Å²) in [6, 6.07) is -1.79. The van der Waals surface area contributed by atoms with Gasteiger partial charge < -0.3 is 44.7 Å². The van der Waals surface area contributed by atoms with Crippen LogP contribution in [0.2, 0.25) is 0 Å². The Morgan fingerprint density at radius 2 is 1.87 bits per heavy atom. The predicted octanol–water partition coefficient (Wildman–Crippen LogP) is -1.88. The summed E-state index contributed by atoms with van der Waals surface area (Å²) in [5, 5.41) is 42.7. The molecule has 2 unspecified atom stereocenters. The Balaban J connectivity index is 3.31. The zero-order chi connectivity index (χ0) is 23.4. The Bertz CT molecular complexity index is 640. The smallest absolute Gasteiger partial charge is 0.408 e. The summed E-state index contributed by atoms with van der Waals surface area (Å²) in [6.45, 7) is 4.63. The van der Waals surface area contributed by atoms with Gasteiger partial charge in [-0.2, -0.15) is 0 Å². The number of ether oxygens (including phenoxy) is 4. The molecule has 0 aromatic carbocycles. The van der Waals surface area contributed by atoms with Crippen molar-refractivity contribution in [3.63, 3.8) is 0 Å². The molecule has 1 aliphatic rings. The van der Waals surface area contributed by atoms with E-state index in [0.717, 1.165) is 14.0 Å². The fraction of sp³-hybridized carbons (Fsp3) is 0.824. The number of hydrogen-bond donors (Lipinski definition) is 5. The number of aliphatic hydroxyl groups is 4. The predicted molar refractivity (Wildman–Crippen MR) is 94.5 cm³/mol. The van der Waals surface area contributed by atoms with E-state index in [1.807, 2.05) is 0 Å². The van der Waals surface area contributed by atoms with Crippen molar-refractivity contribution in [3.8, 4) is 0 Å². The van der Waals surface area contributed by atoms with Crippen molar-refractivity contribution < 1.29 is 58.1 Å². The lowest BCUT2D eigenvalue weighted by Crippen LogP contribution is -2.73. The number of aliphatic hydroxyl groups excluding tert-OH is 3. The second-order valence-corrected chi connectivity index (χ2v) is 7.66. The van der Waals surface area contributed by atoms with Crippen LogP contribution in [0.1, 0.15) is 27.7 Å². The molecule has 0 radical (unpaired) electrons. The summed E-state index contributed by atoms with van der Waals surface area (Å²) in [7, 11) is 0.814. The number of rotatable bonds is 6. The molecule has 1 saturated heterocycles. The fourth-order valence-corrected chi connectivity index (χ4v) is 2.79. The van der Waals surface area contributed by atoms with E-state index in [-0.39, 0.29) is 0 Å². The molecule has 1 rings (SSSR count). The van der Waals surface area contributed by atoms with Crippen molar-refractivity contribution in [2.24, 2.45) is 0 Å². The van der Waals surface area contributed by atoms with E-state index in [1.165, 1.54) is 20.8 Å². The number of halogens is 1. The minimum absolute atomic E-state index is 0.814. The van der Waals surface area contributed by atoms with Crippen molar-refractivity contribution in [2.75, 3.05) is 13.7 Å². The summed E-state index contributed by atoms with van der Waals surface area (Å²) < 4.78 is 33.7. The van der Waals surface area contributed by atoms with Crippen molar-refractivity contribution in [1.29, 1.82) is 0 Å². The Morgan fingerprint density at radius 1 is 1.30 bits per heavy atom. The van der Waals surface area contributed by atoms with Gasteiger partial charge in [-0.25, -0.2) is 14.0 Å². The van der Waals surface area contributed by atoms with Crippen molar-refractivity contribution in [2.45, 2.75) is 75.7 Å². The number of methoxy groups -OCH3 is 1. The van der Waals surface area contributed by atoms with E-state index in [0.29, 0.717) is 0 Å². The van der Waals surface area contributed by atoms with E-state index in [9.17, 15) is 39.2 Å². The molecule has 1 amide bonds.